The van der Waals surface area contributed by atoms with Gasteiger partial charge in [-0.2, -0.15) is 31.4 Å². The molecule has 0 N–H and O–H groups in total. The highest BCUT2D eigenvalue weighted by molar-refractivity contribution is 6.21. The number of nitrogens with zero attached hydrogens (tertiary/aromatic N) is 4. The van der Waals surface area contributed by atoms with Crippen molar-refractivity contribution in [1.29, 1.82) is 0 Å². The average Bonchev–Trinajstić information content (AvgIpc) is 3.02. The van der Waals surface area contributed by atoms with E-state index in [4.69, 9.17) is 0 Å². The van der Waals surface area contributed by atoms with Crippen LogP contribution in [-0.4, -0.2) is 60.4 Å². The summed E-state index contributed by atoms with van der Waals surface area (Å²) in [5, 5.41) is 1.97. The number of aliphatic imine (C=N–C) groups is 1. The molecular weight excluding hydrogens is 554 g/mol. The first-order valence-corrected chi connectivity index (χ1v) is 13.1. The quantitative estimate of drug-likeness (QED) is 0.348. The number of amides is 3. The van der Waals surface area contributed by atoms with Crippen LogP contribution in [0.5, 0.6) is 0 Å². The molecular formula is C28H26F6N4O3. The summed E-state index contributed by atoms with van der Waals surface area (Å²) in [5.74, 6) is -5.41. The lowest BCUT2D eigenvalue weighted by atomic mass is 9.87. The van der Waals surface area contributed by atoms with Gasteiger partial charge >= 0.3 is 12.4 Å². The Balaban J connectivity index is 1.55. The minimum atomic E-state index is -4.65. The number of aryl methyl sites for hydroxylation is 1. The number of carbonyl (C=O) groups excluding carboxylic acids is 3. The fourth-order valence-corrected chi connectivity index (χ4v) is 5.75. The molecule has 41 heavy (non-hydrogen) atoms. The minimum Gasteiger partial charge on any atom is -0.306 e. The Morgan fingerprint density at radius 3 is 2.05 bits per heavy atom. The molecule has 0 bridgehead atoms. The fourth-order valence-electron chi connectivity index (χ4n) is 5.75. The van der Waals surface area contributed by atoms with E-state index in [1.54, 1.807) is 18.2 Å². The number of halogens is 6. The first-order valence-electron chi connectivity index (χ1n) is 13.1. The Labute approximate surface area is 231 Å². The maximum Gasteiger partial charge on any atom is 0.389 e. The zero-order valence-corrected chi connectivity index (χ0v) is 21.9. The third kappa shape index (κ3) is 5.66. The molecule has 2 aromatic carbocycles. The van der Waals surface area contributed by atoms with Crippen molar-refractivity contribution in [2.24, 2.45) is 16.8 Å². The van der Waals surface area contributed by atoms with Crippen LogP contribution >= 0.6 is 0 Å². The molecule has 1 saturated heterocycles. The van der Waals surface area contributed by atoms with Crippen molar-refractivity contribution < 1.29 is 40.7 Å². The molecule has 0 spiro atoms. The maximum atomic E-state index is 13.5. The number of hydrogen-bond acceptors (Lipinski definition) is 5. The second kappa shape index (κ2) is 10.5. The van der Waals surface area contributed by atoms with Crippen molar-refractivity contribution in [2.45, 2.75) is 45.0 Å². The largest absolute Gasteiger partial charge is 0.389 e. The van der Waals surface area contributed by atoms with Gasteiger partial charge in [0.1, 0.15) is 6.54 Å². The summed E-state index contributed by atoms with van der Waals surface area (Å²) in [6, 6.07) is 12.4. The standard InChI is InChI=1S/C28H26F6N4O3/c1-16-4-2-5-17(14-16)23-20-6-3-7-21-24(20)36(22(39)15-35-23)12-13-37(21)38-25(40)18(8-10-27(29,30)31)19(26(38)41)9-11-28(32,33)34/h2-7,14,18-19H,8-13,15H2,1H3/t18-,19+. The van der Waals surface area contributed by atoms with E-state index in [-0.39, 0.29) is 31.2 Å². The minimum absolute atomic E-state index is 0.0248. The molecule has 3 heterocycles. The van der Waals surface area contributed by atoms with Gasteiger partial charge in [-0.25, -0.2) is 0 Å². The number of anilines is 2. The lowest BCUT2D eigenvalue weighted by molar-refractivity contribution is -0.147. The Morgan fingerprint density at radius 1 is 0.854 bits per heavy atom. The zero-order chi connectivity index (χ0) is 29.7. The number of carbonyl (C=O) groups is 3. The van der Waals surface area contributed by atoms with E-state index >= 15 is 0 Å². The third-order valence-electron chi connectivity index (χ3n) is 7.57. The highest BCUT2D eigenvalue weighted by Crippen LogP contribution is 2.44. The first kappa shape index (κ1) is 28.6. The van der Waals surface area contributed by atoms with E-state index in [2.05, 4.69) is 4.99 Å². The molecule has 2 aromatic rings. The molecule has 0 saturated carbocycles. The molecule has 1 fully saturated rings. The molecule has 2 atom stereocenters. The Morgan fingerprint density at radius 2 is 1.46 bits per heavy atom. The van der Waals surface area contributed by atoms with Crippen LogP contribution in [0.15, 0.2) is 47.5 Å². The van der Waals surface area contributed by atoms with E-state index in [9.17, 15) is 40.7 Å². The van der Waals surface area contributed by atoms with Gasteiger partial charge in [0.05, 0.1) is 35.5 Å². The van der Waals surface area contributed by atoms with Crippen LogP contribution in [0.25, 0.3) is 0 Å². The van der Waals surface area contributed by atoms with Crippen LogP contribution in [0, 0.1) is 18.8 Å². The molecule has 3 aliphatic rings. The lowest BCUT2D eigenvalue weighted by Crippen LogP contribution is -2.54. The van der Waals surface area contributed by atoms with Crippen LogP contribution in [0.4, 0.5) is 37.7 Å². The van der Waals surface area contributed by atoms with Crippen LogP contribution in [-0.2, 0) is 14.4 Å². The van der Waals surface area contributed by atoms with Crippen molar-refractivity contribution in [1.82, 2.24) is 5.01 Å². The summed E-state index contributed by atoms with van der Waals surface area (Å²) >= 11 is 0. The number of rotatable bonds is 6. The fraction of sp³-hybridized carbons (Fsp3) is 0.429. The molecule has 5 rings (SSSR count). The SMILES string of the molecule is Cc1cccc(C2=NCC(=O)N3CCN(N4C(=O)[C@@H](CCC(F)(F)F)[C@@H](CCC(F)(F)F)C4=O)c4cccc2c43)c1. The summed E-state index contributed by atoms with van der Waals surface area (Å²) in [4.78, 5) is 46.1. The number of hydrogen-bond donors (Lipinski definition) is 0. The summed E-state index contributed by atoms with van der Waals surface area (Å²) in [5.41, 5.74) is 3.37. The van der Waals surface area contributed by atoms with E-state index in [0.717, 1.165) is 11.1 Å². The molecule has 218 valence electrons. The molecule has 3 aliphatic heterocycles. The van der Waals surface area contributed by atoms with Gasteiger partial charge in [-0.3, -0.25) is 24.4 Å². The van der Waals surface area contributed by atoms with Crippen LogP contribution in [0.1, 0.15) is 42.4 Å². The number of benzene rings is 2. The number of imide groups is 1. The normalized spacial score (nSPS) is 21.3. The molecule has 7 nitrogen and oxygen atoms in total. The smallest absolute Gasteiger partial charge is 0.306 e. The zero-order valence-electron chi connectivity index (χ0n) is 21.9. The van der Waals surface area contributed by atoms with Crippen molar-refractivity contribution >= 4 is 34.8 Å². The van der Waals surface area contributed by atoms with Crippen LogP contribution < -0.4 is 9.91 Å². The maximum absolute atomic E-state index is 13.5. The van der Waals surface area contributed by atoms with Crippen LogP contribution in [0.3, 0.4) is 0 Å². The highest BCUT2D eigenvalue weighted by atomic mass is 19.4. The Hall–Kier alpha value is -3.90. The third-order valence-corrected chi connectivity index (χ3v) is 7.57. The second-order valence-electron chi connectivity index (χ2n) is 10.4. The Kier molecular flexibility index (Phi) is 7.33. The average molecular weight is 581 g/mol. The van der Waals surface area contributed by atoms with Crippen molar-refractivity contribution in [3.8, 4) is 0 Å². The van der Waals surface area contributed by atoms with E-state index in [1.165, 1.54) is 9.91 Å². The van der Waals surface area contributed by atoms with Gasteiger partial charge in [0.2, 0.25) is 5.91 Å². The topological polar surface area (TPSA) is 73.3 Å². The van der Waals surface area contributed by atoms with E-state index in [0.29, 0.717) is 22.0 Å². The molecule has 0 aliphatic carbocycles. The van der Waals surface area contributed by atoms with Gasteiger partial charge in [-0.15, -0.1) is 0 Å². The summed E-state index contributed by atoms with van der Waals surface area (Å²) in [6.45, 7) is 1.70. The van der Waals surface area contributed by atoms with Crippen molar-refractivity contribution in [2.75, 3.05) is 29.5 Å². The van der Waals surface area contributed by atoms with Gasteiger partial charge < -0.3 is 4.90 Å². The molecule has 13 heteroatoms. The highest BCUT2D eigenvalue weighted by Gasteiger charge is 2.52. The summed E-state index contributed by atoms with van der Waals surface area (Å²) in [7, 11) is 0. The van der Waals surface area contributed by atoms with Gasteiger partial charge in [0.25, 0.3) is 11.8 Å². The predicted molar refractivity (Wildman–Crippen MR) is 137 cm³/mol. The summed E-state index contributed by atoms with van der Waals surface area (Å²) < 4.78 is 78.3. The molecule has 0 unspecified atom stereocenters. The van der Waals surface area contributed by atoms with Gasteiger partial charge in [-0.05, 0) is 31.9 Å². The Bertz CT molecular complexity index is 1380. The van der Waals surface area contributed by atoms with E-state index < -0.39 is 61.7 Å². The molecule has 0 radical (unpaired) electrons. The summed E-state index contributed by atoms with van der Waals surface area (Å²) in [6.07, 6.45) is -13.7. The van der Waals surface area contributed by atoms with Gasteiger partial charge in [0.15, 0.2) is 0 Å². The number of alkyl halides is 6. The molecule has 0 aromatic heterocycles. The number of para-hydroxylation sites is 1. The number of hydrazine groups is 1. The van der Waals surface area contributed by atoms with Gasteiger partial charge in [-0.1, -0.05) is 35.9 Å². The van der Waals surface area contributed by atoms with Crippen molar-refractivity contribution in [3.63, 3.8) is 0 Å². The second-order valence-corrected chi connectivity index (χ2v) is 10.4. The lowest BCUT2D eigenvalue weighted by Gasteiger charge is -2.41. The predicted octanol–water partition coefficient (Wildman–Crippen LogP) is 5.20. The van der Waals surface area contributed by atoms with E-state index in [1.807, 2.05) is 31.2 Å². The van der Waals surface area contributed by atoms with Crippen molar-refractivity contribution in [3.05, 3.63) is 59.2 Å². The first-order chi connectivity index (χ1) is 19.2. The molecule has 3 amide bonds. The van der Waals surface area contributed by atoms with Gasteiger partial charge in [0, 0.05) is 30.5 Å². The monoisotopic (exact) mass is 580 g/mol. The van der Waals surface area contributed by atoms with Crippen LogP contribution in [0.2, 0.25) is 0 Å².